The average molecular weight is 364 g/mol. The van der Waals surface area contributed by atoms with Crippen molar-refractivity contribution < 1.29 is 4.74 Å². The number of nitrogens with one attached hydrogen (secondary N) is 1. The van der Waals surface area contributed by atoms with Gasteiger partial charge in [0.2, 0.25) is 11.8 Å². The Labute approximate surface area is 135 Å². The molecule has 1 aromatic carbocycles. The molecule has 21 heavy (non-hydrogen) atoms. The number of ether oxygens (including phenoxy) is 1. The van der Waals surface area contributed by atoms with Gasteiger partial charge in [-0.05, 0) is 48.6 Å². The van der Waals surface area contributed by atoms with Crippen LogP contribution in [0.3, 0.4) is 0 Å². The van der Waals surface area contributed by atoms with Gasteiger partial charge >= 0.3 is 0 Å². The van der Waals surface area contributed by atoms with Gasteiger partial charge < -0.3 is 10.1 Å². The first-order chi connectivity index (χ1) is 10.1. The van der Waals surface area contributed by atoms with E-state index in [2.05, 4.69) is 31.2 Å². The Balaban J connectivity index is 2.07. The topological polar surface area (TPSA) is 47.0 Å². The van der Waals surface area contributed by atoms with E-state index in [1.165, 1.54) is 0 Å². The van der Waals surface area contributed by atoms with Gasteiger partial charge in [0.1, 0.15) is 10.6 Å². The largest absolute Gasteiger partial charge is 0.438 e. The van der Waals surface area contributed by atoms with Crippen molar-refractivity contribution in [3.63, 3.8) is 0 Å². The summed E-state index contributed by atoms with van der Waals surface area (Å²) in [6, 6.07) is 5.97. The van der Waals surface area contributed by atoms with Crippen molar-refractivity contribution in [2.24, 2.45) is 0 Å². The smallest absolute Gasteiger partial charge is 0.232 e. The Kier molecular flexibility index (Phi) is 3.82. The van der Waals surface area contributed by atoms with Crippen LogP contribution >= 0.6 is 27.3 Å². The van der Waals surface area contributed by atoms with Crippen molar-refractivity contribution in [2.45, 2.75) is 13.8 Å². The van der Waals surface area contributed by atoms with Crippen molar-refractivity contribution >= 4 is 43.4 Å². The molecule has 108 valence electrons. The molecule has 6 heteroatoms. The molecule has 3 aromatic rings. The maximum atomic E-state index is 6.00. The van der Waals surface area contributed by atoms with Gasteiger partial charge in [0.05, 0.1) is 5.39 Å². The first-order valence-electron chi connectivity index (χ1n) is 6.46. The number of anilines is 1. The van der Waals surface area contributed by atoms with E-state index >= 15 is 0 Å². The highest BCUT2D eigenvalue weighted by Gasteiger charge is 2.11. The van der Waals surface area contributed by atoms with Crippen LogP contribution in [0.2, 0.25) is 0 Å². The summed E-state index contributed by atoms with van der Waals surface area (Å²) >= 11 is 5.14. The van der Waals surface area contributed by atoms with Gasteiger partial charge in [-0.25, -0.2) is 4.98 Å². The number of fused-ring (bicyclic) bond motifs is 1. The molecule has 4 nitrogen and oxygen atoms in total. The predicted octanol–water partition coefficient (Wildman–Crippen LogP) is 4.90. The van der Waals surface area contributed by atoms with Crippen LogP contribution in [0.25, 0.3) is 10.2 Å². The lowest BCUT2D eigenvalue weighted by Crippen LogP contribution is -1.98. The fraction of sp³-hybridized carbons (Fsp3) is 0.200. The molecule has 0 amide bonds. The lowest BCUT2D eigenvalue weighted by Gasteiger charge is -2.10. The van der Waals surface area contributed by atoms with Crippen molar-refractivity contribution in [3.8, 4) is 11.6 Å². The van der Waals surface area contributed by atoms with E-state index in [1.807, 2.05) is 37.4 Å². The van der Waals surface area contributed by atoms with Gasteiger partial charge in [-0.2, -0.15) is 4.98 Å². The van der Waals surface area contributed by atoms with Gasteiger partial charge in [0.15, 0.2) is 0 Å². The molecular formula is C15H14BrN3OS. The minimum absolute atomic E-state index is 0.561. The number of hydrogen-bond acceptors (Lipinski definition) is 5. The second kappa shape index (κ2) is 5.61. The molecule has 0 aliphatic rings. The fourth-order valence-electron chi connectivity index (χ4n) is 2.09. The molecule has 3 rings (SSSR count). The Morgan fingerprint density at radius 2 is 1.90 bits per heavy atom. The highest BCUT2D eigenvalue weighted by atomic mass is 79.9. The van der Waals surface area contributed by atoms with Crippen LogP contribution in [-0.4, -0.2) is 17.0 Å². The molecular weight excluding hydrogens is 350 g/mol. The summed E-state index contributed by atoms with van der Waals surface area (Å²) in [5.41, 5.74) is 2.27. The summed E-state index contributed by atoms with van der Waals surface area (Å²) in [4.78, 5) is 9.75. The lowest BCUT2D eigenvalue weighted by atomic mass is 10.1. The Morgan fingerprint density at radius 1 is 1.19 bits per heavy atom. The second-order valence-corrected chi connectivity index (χ2v) is 6.40. The highest BCUT2D eigenvalue weighted by Crippen LogP contribution is 2.33. The van der Waals surface area contributed by atoms with Crippen LogP contribution in [0.4, 0.5) is 5.95 Å². The van der Waals surface area contributed by atoms with E-state index in [-0.39, 0.29) is 0 Å². The van der Waals surface area contributed by atoms with Crippen molar-refractivity contribution in [1.82, 2.24) is 9.97 Å². The van der Waals surface area contributed by atoms with Crippen LogP contribution < -0.4 is 10.1 Å². The summed E-state index contributed by atoms with van der Waals surface area (Å²) in [7, 11) is 1.80. The maximum Gasteiger partial charge on any atom is 0.232 e. The first kappa shape index (κ1) is 14.3. The molecule has 2 aromatic heterocycles. The van der Waals surface area contributed by atoms with E-state index in [9.17, 15) is 0 Å². The van der Waals surface area contributed by atoms with E-state index in [4.69, 9.17) is 4.74 Å². The highest BCUT2D eigenvalue weighted by molar-refractivity contribution is 9.10. The second-order valence-electron chi connectivity index (χ2n) is 4.71. The average Bonchev–Trinajstić information content (AvgIpc) is 2.93. The predicted molar refractivity (Wildman–Crippen MR) is 90.7 cm³/mol. The fourth-order valence-corrected chi connectivity index (χ4v) is 3.08. The summed E-state index contributed by atoms with van der Waals surface area (Å²) in [6.07, 6.45) is 0. The third-order valence-electron chi connectivity index (χ3n) is 3.14. The van der Waals surface area contributed by atoms with Crippen LogP contribution in [0.15, 0.2) is 28.1 Å². The number of rotatable bonds is 3. The third kappa shape index (κ3) is 2.73. The minimum atomic E-state index is 0.561. The summed E-state index contributed by atoms with van der Waals surface area (Å²) in [5.74, 6) is 1.92. The summed E-state index contributed by atoms with van der Waals surface area (Å²) in [6.45, 7) is 4.09. The summed E-state index contributed by atoms with van der Waals surface area (Å²) < 4.78 is 7.11. The molecule has 2 heterocycles. The van der Waals surface area contributed by atoms with E-state index in [0.29, 0.717) is 11.8 Å². The molecule has 0 fully saturated rings. The number of nitrogens with zero attached hydrogens (tertiary/aromatic N) is 2. The molecule has 0 radical (unpaired) electrons. The van der Waals surface area contributed by atoms with Gasteiger partial charge in [-0.1, -0.05) is 15.9 Å². The quantitative estimate of drug-likeness (QED) is 0.718. The number of hydrogen-bond donors (Lipinski definition) is 1. The van der Waals surface area contributed by atoms with Gasteiger partial charge in [-0.15, -0.1) is 11.3 Å². The molecule has 1 N–H and O–H groups in total. The van der Waals surface area contributed by atoms with E-state index < -0.39 is 0 Å². The van der Waals surface area contributed by atoms with Crippen LogP contribution in [-0.2, 0) is 0 Å². The number of aromatic nitrogens is 2. The van der Waals surface area contributed by atoms with Crippen LogP contribution in [0.1, 0.15) is 11.1 Å². The third-order valence-corrected chi connectivity index (χ3v) is 5.20. The molecule has 0 bridgehead atoms. The number of aryl methyl sites for hydroxylation is 2. The molecule has 0 spiro atoms. The lowest BCUT2D eigenvalue weighted by molar-refractivity contribution is 0.468. The van der Waals surface area contributed by atoms with E-state index in [1.54, 1.807) is 18.4 Å². The maximum absolute atomic E-state index is 6.00. The Hall–Kier alpha value is -1.66. The monoisotopic (exact) mass is 363 g/mol. The zero-order chi connectivity index (χ0) is 15.0. The Morgan fingerprint density at radius 3 is 2.57 bits per heavy atom. The standard InChI is InChI=1S/C15H14BrN3OS/c1-8-6-10(7-9(2)12(8)16)20-13-11-4-5-21-14(11)19-15(17-3)18-13/h4-7H,1-3H3,(H,17,18,19). The minimum Gasteiger partial charge on any atom is -0.438 e. The van der Waals surface area contributed by atoms with Crippen LogP contribution in [0.5, 0.6) is 11.6 Å². The normalized spacial score (nSPS) is 10.9. The zero-order valence-corrected chi connectivity index (χ0v) is 14.3. The summed E-state index contributed by atoms with van der Waals surface area (Å²) in [5, 5.41) is 5.88. The molecule has 0 saturated heterocycles. The van der Waals surface area contributed by atoms with Crippen molar-refractivity contribution in [1.29, 1.82) is 0 Å². The van der Waals surface area contributed by atoms with Crippen LogP contribution in [0, 0.1) is 13.8 Å². The molecule has 0 atom stereocenters. The Bertz CT molecular complexity index is 793. The van der Waals surface area contributed by atoms with Gasteiger partial charge in [-0.3, -0.25) is 0 Å². The molecule has 0 aliphatic carbocycles. The zero-order valence-electron chi connectivity index (χ0n) is 11.9. The number of benzene rings is 1. The molecule has 0 aliphatic heterocycles. The molecule has 0 saturated carbocycles. The van der Waals surface area contributed by atoms with Crippen molar-refractivity contribution in [3.05, 3.63) is 39.2 Å². The van der Waals surface area contributed by atoms with E-state index in [0.717, 1.165) is 31.6 Å². The van der Waals surface area contributed by atoms with Gasteiger partial charge in [0.25, 0.3) is 0 Å². The first-order valence-corrected chi connectivity index (χ1v) is 8.13. The van der Waals surface area contributed by atoms with Gasteiger partial charge in [0, 0.05) is 11.5 Å². The number of thiophene rings is 1. The van der Waals surface area contributed by atoms with Crippen molar-refractivity contribution in [2.75, 3.05) is 12.4 Å². The molecule has 0 unspecified atom stereocenters. The number of halogens is 1. The SMILES string of the molecule is CNc1nc(Oc2cc(C)c(Br)c(C)c2)c2ccsc2n1.